The van der Waals surface area contributed by atoms with E-state index in [9.17, 15) is 13.2 Å². The molecule has 0 aliphatic carbocycles. The molecule has 2 atom stereocenters. The van der Waals surface area contributed by atoms with Crippen molar-refractivity contribution in [2.75, 3.05) is 17.2 Å². The monoisotopic (exact) mass is 301 g/mol. The fraction of sp³-hybridized carbons (Fsp3) is 0.545. The van der Waals surface area contributed by atoms with Crippen molar-refractivity contribution < 1.29 is 13.2 Å². The standard InChI is InChI=1S/C11H10F3N5S/c12-11(13,14)10-16-15-8-1-2-9(17-19(8)10)18-4-7-3-6(18)5-20-7/h1-2,6-7H,3-5H2/t6-,7+/m0/s1. The zero-order chi connectivity index (χ0) is 13.9. The molecule has 5 nitrogen and oxygen atoms in total. The van der Waals surface area contributed by atoms with Crippen LogP contribution in [0.15, 0.2) is 12.1 Å². The van der Waals surface area contributed by atoms with Gasteiger partial charge < -0.3 is 4.90 Å². The Morgan fingerprint density at radius 1 is 1.25 bits per heavy atom. The molecule has 0 aromatic carbocycles. The second kappa shape index (κ2) is 4.00. The Balaban J connectivity index is 1.78. The summed E-state index contributed by atoms with van der Waals surface area (Å²) in [6.45, 7) is 0.845. The molecule has 2 aliphatic rings. The van der Waals surface area contributed by atoms with Crippen LogP contribution in [0.2, 0.25) is 0 Å². The van der Waals surface area contributed by atoms with E-state index in [2.05, 4.69) is 20.2 Å². The van der Waals surface area contributed by atoms with Crippen molar-refractivity contribution in [2.45, 2.75) is 23.9 Å². The number of fused-ring (bicyclic) bond motifs is 3. The van der Waals surface area contributed by atoms with Crippen LogP contribution >= 0.6 is 11.8 Å². The van der Waals surface area contributed by atoms with Gasteiger partial charge in [-0.15, -0.1) is 15.3 Å². The molecular weight excluding hydrogens is 291 g/mol. The molecule has 2 aliphatic heterocycles. The molecular formula is C11H10F3N5S. The van der Waals surface area contributed by atoms with Gasteiger partial charge in [0.2, 0.25) is 0 Å². The highest BCUT2D eigenvalue weighted by atomic mass is 32.2. The maximum absolute atomic E-state index is 12.8. The SMILES string of the molecule is FC(F)(F)c1nnc2ccc(N3C[C@H]4C[C@H]3CS4)nn12. The molecule has 4 heterocycles. The van der Waals surface area contributed by atoms with Crippen molar-refractivity contribution >= 4 is 23.2 Å². The van der Waals surface area contributed by atoms with E-state index in [1.165, 1.54) is 6.07 Å². The van der Waals surface area contributed by atoms with Gasteiger partial charge in [0, 0.05) is 23.6 Å². The Bertz CT molecular complexity index is 670. The second-order valence-electron chi connectivity index (χ2n) is 4.98. The Kier molecular flexibility index (Phi) is 2.45. The van der Waals surface area contributed by atoms with Gasteiger partial charge in [-0.3, -0.25) is 0 Å². The molecule has 2 saturated heterocycles. The molecule has 2 bridgehead atoms. The first-order valence-electron chi connectivity index (χ1n) is 6.20. The van der Waals surface area contributed by atoms with Crippen molar-refractivity contribution in [3.05, 3.63) is 18.0 Å². The highest BCUT2D eigenvalue weighted by Gasteiger charge is 2.40. The first-order valence-corrected chi connectivity index (χ1v) is 7.25. The van der Waals surface area contributed by atoms with Crippen LogP contribution in [-0.2, 0) is 6.18 Å². The molecule has 0 saturated carbocycles. The van der Waals surface area contributed by atoms with Crippen molar-refractivity contribution in [2.24, 2.45) is 0 Å². The fourth-order valence-corrected chi connectivity index (χ4v) is 4.22. The summed E-state index contributed by atoms with van der Waals surface area (Å²) >= 11 is 1.92. The van der Waals surface area contributed by atoms with E-state index < -0.39 is 12.0 Å². The van der Waals surface area contributed by atoms with E-state index in [1.807, 2.05) is 11.8 Å². The summed E-state index contributed by atoms with van der Waals surface area (Å²) in [4.78, 5) is 2.08. The Morgan fingerprint density at radius 3 is 2.75 bits per heavy atom. The van der Waals surface area contributed by atoms with E-state index in [0.29, 0.717) is 17.1 Å². The predicted octanol–water partition coefficient (Wildman–Crippen LogP) is 1.84. The third-order valence-corrected chi connectivity index (χ3v) is 5.09. The number of aromatic nitrogens is 4. The largest absolute Gasteiger partial charge is 0.453 e. The molecule has 2 aromatic heterocycles. The molecule has 0 amide bonds. The van der Waals surface area contributed by atoms with Crippen LogP contribution in [0.1, 0.15) is 12.2 Å². The van der Waals surface area contributed by atoms with Crippen LogP contribution in [0, 0.1) is 0 Å². The minimum atomic E-state index is -4.55. The number of thioether (sulfide) groups is 1. The number of rotatable bonds is 1. The van der Waals surface area contributed by atoms with Crippen LogP contribution in [0.5, 0.6) is 0 Å². The van der Waals surface area contributed by atoms with Crippen molar-refractivity contribution in [1.82, 2.24) is 19.8 Å². The zero-order valence-electron chi connectivity index (χ0n) is 10.2. The van der Waals surface area contributed by atoms with Gasteiger partial charge in [0.25, 0.3) is 5.82 Å². The minimum Gasteiger partial charge on any atom is -0.350 e. The lowest BCUT2D eigenvalue weighted by atomic mass is 10.2. The van der Waals surface area contributed by atoms with Crippen molar-refractivity contribution in [3.8, 4) is 0 Å². The van der Waals surface area contributed by atoms with Crippen molar-refractivity contribution in [3.63, 3.8) is 0 Å². The molecule has 106 valence electrons. The third-order valence-electron chi connectivity index (χ3n) is 3.70. The first-order chi connectivity index (χ1) is 9.52. The maximum Gasteiger partial charge on any atom is 0.453 e. The number of alkyl halides is 3. The molecule has 0 unspecified atom stereocenters. The van der Waals surface area contributed by atoms with Gasteiger partial charge in [-0.2, -0.15) is 29.4 Å². The van der Waals surface area contributed by atoms with Crippen LogP contribution in [0.25, 0.3) is 5.65 Å². The smallest absolute Gasteiger partial charge is 0.350 e. The Morgan fingerprint density at radius 2 is 2.10 bits per heavy atom. The molecule has 2 fully saturated rings. The summed E-state index contributed by atoms with van der Waals surface area (Å²) in [6, 6.07) is 3.62. The Labute approximate surface area is 116 Å². The van der Waals surface area contributed by atoms with Gasteiger partial charge in [0.05, 0.1) is 0 Å². The van der Waals surface area contributed by atoms with E-state index in [1.54, 1.807) is 6.07 Å². The number of nitrogens with zero attached hydrogens (tertiary/aromatic N) is 5. The molecule has 0 N–H and O–H groups in total. The van der Waals surface area contributed by atoms with Gasteiger partial charge in [-0.1, -0.05) is 0 Å². The van der Waals surface area contributed by atoms with E-state index >= 15 is 0 Å². The van der Waals surface area contributed by atoms with Gasteiger partial charge >= 0.3 is 6.18 Å². The van der Waals surface area contributed by atoms with Gasteiger partial charge in [-0.25, -0.2) is 0 Å². The molecule has 0 spiro atoms. The van der Waals surface area contributed by atoms with Gasteiger partial charge in [0.1, 0.15) is 5.82 Å². The predicted molar refractivity (Wildman–Crippen MR) is 67.8 cm³/mol. The average Bonchev–Trinajstić information content (AvgIpc) is 3.11. The maximum atomic E-state index is 12.8. The number of hydrogen-bond donors (Lipinski definition) is 0. The van der Waals surface area contributed by atoms with Crippen LogP contribution in [0.4, 0.5) is 19.0 Å². The van der Waals surface area contributed by atoms with E-state index in [4.69, 9.17) is 0 Å². The van der Waals surface area contributed by atoms with Crippen molar-refractivity contribution in [1.29, 1.82) is 0 Å². The number of halogens is 3. The topological polar surface area (TPSA) is 46.3 Å². The van der Waals surface area contributed by atoms with E-state index in [0.717, 1.165) is 23.2 Å². The van der Waals surface area contributed by atoms with E-state index in [-0.39, 0.29) is 5.65 Å². The lowest BCUT2D eigenvalue weighted by molar-refractivity contribution is -0.146. The molecule has 9 heteroatoms. The summed E-state index contributed by atoms with van der Waals surface area (Å²) in [5.74, 6) is 0.502. The zero-order valence-corrected chi connectivity index (χ0v) is 11.0. The third kappa shape index (κ3) is 1.75. The highest BCUT2D eigenvalue weighted by Crippen LogP contribution is 2.39. The summed E-state index contributed by atoms with van der Waals surface area (Å²) < 4.78 is 39.3. The molecule has 2 aromatic rings. The first kappa shape index (κ1) is 12.2. The molecule has 4 rings (SSSR count). The molecule has 20 heavy (non-hydrogen) atoms. The van der Waals surface area contributed by atoms with Crippen LogP contribution < -0.4 is 4.90 Å². The molecule has 0 radical (unpaired) electrons. The summed E-state index contributed by atoms with van der Waals surface area (Å²) in [5, 5.41) is 11.4. The fourth-order valence-electron chi connectivity index (χ4n) is 2.79. The summed E-state index contributed by atoms with van der Waals surface area (Å²) in [7, 11) is 0. The second-order valence-corrected chi connectivity index (χ2v) is 6.31. The number of anilines is 1. The van der Waals surface area contributed by atoms with Crippen LogP contribution in [-0.4, -0.2) is 43.4 Å². The lowest BCUT2D eigenvalue weighted by Gasteiger charge is -2.27. The van der Waals surface area contributed by atoms with Crippen LogP contribution in [0.3, 0.4) is 0 Å². The van der Waals surface area contributed by atoms with Gasteiger partial charge in [-0.05, 0) is 18.6 Å². The normalized spacial score (nSPS) is 25.9. The quantitative estimate of drug-likeness (QED) is 0.804. The highest BCUT2D eigenvalue weighted by molar-refractivity contribution is 8.00. The number of hydrogen-bond acceptors (Lipinski definition) is 5. The minimum absolute atomic E-state index is 0.111. The lowest BCUT2D eigenvalue weighted by Crippen LogP contribution is -2.34. The Hall–Kier alpha value is -1.51. The average molecular weight is 301 g/mol. The summed E-state index contributed by atoms with van der Waals surface area (Å²) in [5.41, 5.74) is 0.111. The van der Waals surface area contributed by atoms with Gasteiger partial charge in [0.15, 0.2) is 5.65 Å². The summed E-state index contributed by atoms with van der Waals surface area (Å²) in [6.07, 6.45) is -3.47.